The molecule has 160 valence electrons. The lowest BCUT2D eigenvalue weighted by molar-refractivity contribution is -0.141. The number of aromatic amines is 1. The summed E-state index contributed by atoms with van der Waals surface area (Å²) in [4.78, 5) is 26.8. The monoisotopic (exact) mass is 423 g/mol. The summed E-state index contributed by atoms with van der Waals surface area (Å²) in [7, 11) is 0. The van der Waals surface area contributed by atoms with Crippen LogP contribution in [-0.2, 0) is 10.9 Å². The normalized spacial score (nSPS) is 30.6. The van der Waals surface area contributed by atoms with Crippen LogP contribution in [0.5, 0.6) is 0 Å². The topological polar surface area (TPSA) is 94.6 Å². The number of aliphatic hydroxyl groups is 1. The molecule has 8 nitrogen and oxygen atoms in total. The molecule has 3 fully saturated rings. The van der Waals surface area contributed by atoms with E-state index in [9.17, 15) is 23.1 Å². The van der Waals surface area contributed by atoms with Crippen LogP contribution in [0.25, 0.3) is 0 Å². The van der Waals surface area contributed by atoms with E-state index in [1.807, 2.05) is 0 Å². The van der Waals surface area contributed by atoms with E-state index in [1.54, 1.807) is 28.1 Å². The van der Waals surface area contributed by atoms with E-state index < -0.39 is 17.5 Å². The molecule has 2 bridgehead atoms. The molecule has 1 spiro atoms. The molecule has 3 aliphatic heterocycles. The second-order valence-corrected chi connectivity index (χ2v) is 8.06. The van der Waals surface area contributed by atoms with Crippen molar-refractivity contribution in [3.8, 4) is 0 Å². The van der Waals surface area contributed by atoms with Crippen molar-refractivity contribution >= 4 is 11.9 Å². The van der Waals surface area contributed by atoms with Gasteiger partial charge in [0.1, 0.15) is 17.0 Å². The Labute approximate surface area is 169 Å². The maximum atomic E-state index is 13.1. The number of hydrogen-bond acceptors (Lipinski definition) is 6. The quantitative estimate of drug-likeness (QED) is 0.770. The van der Waals surface area contributed by atoms with Gasteiger partial charge < -0.3 is 24.6 Å². The second kappa shape index (κ2) is 6.67. The number of ether oxygens (including phenoxy) is 1. The number of nitrogens with zero attached hydrogens (tertiary/aromatic N) is 4. The summed E-state index contributed by atoms with van der Waals surface area (Å²) in [5.74, 6) is -0.564. The number of likely N-dealkylation sites (tertiary alicyclic amines) is 1. The molecule has 3 saturated heterocycles. The number of aromatic nitrogens is 3. The van der Waals surface area contributed by atoms with E-state index in [4.69, 9.17) is 4.74 Å². The molecule has 1 amide bonds. The maximum absolute atomic E-state index is 13.1. The smallest absolute Gasteiger partial charge is 0.396 e. The highest BCUT2D eigenvalue weighted by Crippen LogP contribution is 2.49. The Morgan fingerprint density at radius 2 is 2.17 bits per heavy atom. The minimum Gasteiger partial charge on any atom is -0.396 e. The van der Waals surface area contributed by atoms with Gasteiger partial charge in [-0.25, -0.2) is 9.97 Å². The molecule has 0 aromatic carbocycles. The summed E-state index contributed by atoms with van der Waals surface area (Å²) in [6.45, 7) is 1.13. The molecular weight excluding hydrogens is 403 g/mol. The van der Waals surface area contributed by atoms with Crippen molar-refractivity contribution < 1.29 is 27.8 Å². The third-order valence-corrected chi connectivity index (χ3v) is 6.33. The first-order chi connectivity index (χ1) is 14.3. The second-order valence-electron chi connectivity index (χ2n) is 8.06. The number of fused-ring (bicyclic) bond motifs is 1. The van der Waals surface area contributed by atoms with Gasteiger partial charge in [-0.15, -0.1) is 0 Å². The first-order valence-corrected chi connectivity index (χ1v) is 9.67. The summed E-state index contributed by atoms with van der Waals surface area (Å²) < 4.78 is 45.5. The van der Waals surface area contributed by atoms with E-state index in [1.165, 1.54) is 0 Å². The number of amides is 1. The lowest BCUT2D eigenvalue weighted by Crippen LogP contribution is -2.55. The van der Waals surface area contributed by atoms with Crippen molar-refractivity contribution in [1.82, 2.24) is 19.9 Å². The van der Waals surface area contributed by atoms with Crippen LogP contribution in [0.2, 0.25) is 0 Å². The molecule has 0 saturated carbocycles. The molecular formula is C19H20F3N5O3. The van der Waals surface area contributed by atoms with Crippen LogP contribution in [0.1, 0.15) is 16.2 Å². The molecule has 30 heavy (non-hydrogen) atoms. The first kappa shape index (κ1) is 19.3. The van der Waals surface area contributed by atoms with Crippen LogP contribution in [0.15, 0.2) is 30.6 Å². The Morgan fingerprint density at radius 1 is 1.33 bits per heavy atom. The molecule has 5 heterocycles. The molecule has 0 unspecified atom stereocenters. The predicted molar refractivity (Wildman–Crippen MR) is 97.6 cm³/mol. The number of halogens is 3. The van der Waals surface area contributed by atoms with Crippen LogP contribution >= 0.6 is 0 Å². The summed E-state index contributed by atoms with van der Waals surface area (Å²) in [6, 6.07) is 4.26. The summed E-state index contributed by atoms with van der Waals surface area (Å²) in [6.07, 6.45) is -2.13. The molecule has 0 radical (unpaired) electrons. The average Bonchev–Trinajstić information content (AvgIpc) is 3.40. The van der Waals surface area contributed by atoms with Gasteiger partial charge in [-0.05, 0) is 18.2 Å². The standard InChI is InChI=1S/C19H20F3N5O3/c20-19(21,22)15-3-5-24-17(25-15)27-6-12-11(8-28)14-7-26(9-18(12,10-27)30-14)16(29)13-2-1-4-23-13/h1-5,11-12,14,23,28H,6-10H2/t11-,12+,14+,18+/m0/s1. The van der Waals surface area contributed by atoms with Crippen LogP contribution in [0.4, 0.5) is 19.1 Å². The lowest BCUT2D eigenvalue weighted by atomic mass is 9.83. The number of carbonyl (C=O) groups excluding carboxylic acids is 1. The van der Waals surface area contributed by atoms with E-state index in [0.29, 0.717) is 18.8 Å². The van der Waals surface area contributed by atoms with Gasteiger partial charge in [-0.3, -0.25) is 4.79 Å². The molecule has 2 N–H and O–H groups in total. The number of rotatable bonds is 3. The van der Waals surface area contributed by atoms with Gasteiger partial charge in [0.15, 0.2) is 0 Å². The summed E-state index contributed by atoms with van der Waals surface area (Å²) >= 11 is 0. The van der Waals surface area contributed by atoms with Gasteiger partial charge in [0.05, 0.1) is 19.2 Å². The van der Waals surface area contributed by atoms with Crippen LogP contribution < -0.4 is 4.90 Å². The Balaban J connectivity index is 1.43. The van der Waals surface area contributed by atoms with E-state index >= 15 is 0 Å². The van der Waals surface area contributed by atoms with E-state index in [-0.39, 0.29) is 49.5 Å². The van der Waals surface area contributed by atoms with Crippen molar-refractivity contribution in [3.05, 3.63) is 42.0 Å². The molecule has 3 aliphatic rings. The highest BCUT2D eigenvalue weighted by atomic mass is 19.4. The third-order valence-electron chi connectivity index (χ3n) is 6.33. The Morgan fingerprint density at radius 3 is 2.87 bits per heavy atom. The van der Waals surface area contributed by atoms with Gasteiger partial charge in [0, 0.05) is 43.9 Å². The molecule has 2 aromatic heterocycles. The number of anilines is 1. The first-order valence-electron chi connectivity index (χ1n) is 9.67. The predicted octanol–water partition coefficient (Wildman–Crippen LogP) is 1.16. The number of alkyl halides is 3. The fraction of sp³-hybridized carbons (Fsp3) is 0.526. The minimum atomic E-state index is -4.56. The van der Waals surface area contributed by atoms with Crippen LogP contribution in [-0.4, -0.2) is 75.4 Å². The summed E-state index contributed by atoms with van der Waals surface area (Å²) in [5.41, 5.74) is -1.33. The van der Waals surface area contributed by atoms with Crippen molar-refractivity contribution in [2.75, 3.05) is 37.7 Å². The third kappa shape index (κ3) is 2.95. The average molecular weight is 423 g/mol. The van der Waals surface area contributed by atoms with Gasteiger partial charge >= 0.3 is 6.18 Å². The van der Waals surface area contributed by atoms with E-state index in [0.717, 1.165) is 12.3 Å². The fourth-order valence-corrected chi connectivity index (χ4v) is 5.03. The Bertz CT molecular complexity index is 953. The van der Waals surface area contributed by atoms with Gasteiger partial charge in [0.2, 0.25) is 5.95 Å². The number of morpholine rings is 1. The highest BCUT2D eigenvalue weighted by Gasteiger charge is 2.63. The fourth-order valence-electron chi connectivity index (χ4n) is 5.03. The molecule has 2 aromatic rings. The summed E-state index contributed by atoms with van der Waals surface area (Å²) in [5, 5.41) is 9.99. The largest absolute Gasteiger partial charge is 0.433 e. The molecule has 5 rings (SSSR count). The number of carbonyl (C=O) groups is 1. The van der Waals surface area contributed by atoms with Gasteiger partial charge in [0.25, 0.3) is 5.91 Å². The van der Waals surface area contributed by atoms with Crippen LogP contribution in [0, 0.1) is 11.8 Å². The zero-order chi connectivity index (χ0) is 21.1. The maximum Gasteiger partial charge on any atom is 0.433 e. The van der Waals surface area contributed by atoms with Crippen molar-refractivity contribution in [3.63, 3.8) is 0 Å². The lowest BCUT2D eigenvalue weighted by Gasteiger charge is -2.40. The van der Waals surface area contributed by atoms with Crippen molar-refractivity contribution in [2.24, 2.45) is 11.8 Å². The number of hydrogen-bond donors (Lipinski definition) is 2. The minimum absolute atomic E-state index is 0.0294. The molecule has 11 heteroatoms. The Hall–Kier alpha value is -2.66. The van der Waals surface area contributed by atoms with Crippen molar-refractivity contribution in [2.45, 2.75) is 17.9 Å². The number of aliphatic hydroxyl groups excluding tert-OH is 1. The van der Waals surface area contributed by atoms with E-state index in [2.05, 4.69) is 15.0 Å². The van der Waals surface area contributed by atoms with Gasteiger partial charge in [-0.2, -0.15) is 13.2 Å². The zero-order valence-corrected chi connectivity index (χ0v) is 15.8. The number of H-pyrrole nitrogens is 1. The van der Waals surface area contributed by atoms with Gasteiger partial charge in [-0.1, -0.05) is 0 Å². The molecule has 0 aliphatic carbocycles. The molecule has 4 atom stereocenters. The Kier molecular flexibility index (Phi) is 4.30. The SMILES string of the molecule is O=C(c1ccc[nH]1)N1C[C@H]2O[C@]3(C1)CN(c1nccc(C(F)(F)F)n1)C[C@@H]3[C@@H]2CO. The zero-order valence-electron chi connectivity index (χ0n) is 15.8. The highest BCUT2D eigenvalue weighted by molar-refractivity contribution is 5.92. The van der Waals surface area contributed by atoms with Crippen molar-refractivity contribution in [1.29, 1.82) is 0 Å². The van der Waals surface area contributed by atoms with Crippen LogP contribution in [0.3, 0.4) is 0 Å². The number of nitrogens with one attached hydrogen (secondary N) is 1.